The van der Waals surface area contributed by atoms with Crippen molar-refractivity contribution in [3.05, 3.63) is 69.0 Å². The molecule has 2 aromatic carbocycles. The zero-order chi connectivity index (χ0) is 17.6. The van der Waals surface area contributed by atoms with E-state index in [1.54, 1.807) is 7.11 Å². The zero-order valence-corrected chi connectivity index (χ0v) is 16.1. The number of aromatic nitrogens is 1. The molecule has 0 aliphatic heterocycles. The number of benzene rings is 2. The number of rotatable bonds is 6. The van der Waals surface area contributed by atoms with Crippen LogP contribution in [-0.4, -0.2) is 18.0 Å². The maximum atomic E-state index is 12.1. The van der Waals surface area contributed by atoms with Crippen molar-refractivity contribution in [2.75, 3.05) is 7.11 Å². The van der Waals surface area contributed by atoms with Gasteiger partial charge in [0.1, 0.15) is 10.8 Å². The van der Waals surface area contributed by atoms with Gasteiger partial charge in [0.05, 0.1) is 23.7 Å². The summed E-state index contributed by atoms with van der Waals surface area (Å²) in [5.74, 6) is 0.750. The van der Waals surface area contributed by atoms with Crippen LogP contribution in [0.15, 0.2) is 58.4 Å². The van der Waals surface area contributed by atoms with E-state index in [9.17, 15) is 4.79 Å². The monoisotopic (exact) mass is 416 g/mol. The summed E-state index contributed by atoms with van der Waals surface area (Å²) in [6.07, 6.45) is 0.287. The number of nitrogens with one attached hydrogen (secondary N) is 1. The molecule has 1 heterocycles. The Morgan fingerprint density at radius 3 is 2.76 bits per heavy atom. The summed E-state index contributed by atoms with van der Waals surface area (Å²) in [6, 6.07) is 15.7. The topological polar surface area (TPSA) is 51.2 Å². The number of carbonyl (C=O) groups is 1. The summed E-state index contributed by atoms with van der Waals surface area (Å²) in [5, 5.41) is 5.69. The van der Waals surface area contributed by atoms with Crippen LogP contribution in [0.2, 0.25) is 0 Å². The van der Waals surface area contributed by atoms with Crippen molar-refractivity contribution in [1.82, 2.24) is 10.3 Å². The molecule has 6 heteroatoms. The van der Waals surface area contributed by atoms with E-state index in [-0.39, 0.29) is 12.3 Å². The second-order valence-electron chi connectivity index (χ2n) is 5.41. The molecule has 0 bridgehead atoms. The Morgan fingerprint density at radius 2 is 2.04 bits per heavy atom. The molecule has 3 aromatic rings. The number of amides is 1. The molecule has 1 aromatic heterocycles. The number of ether oxygens (including phenoxy) is 1. The molecule has 0 atom stereocenters. The van der Waals surface area contributed by atoms with Gasteiger partial charge < -0.3 is 10.1 Å². The van der Waals surface area contributed by atoms with Crippen molar-refractivity contribution in [3.8, 4) is 17.0 Å². The van der Waals surface area contributed by atoms with Gasteiger partial charge >= 0.3 is 0 Å². The lowest BCUT2D eigenvalue weighted by Gasteiger charge is -2.05. The highest BCUT2D eigenvalue weighted by Crippen LogP contribution is 2.31. The third-order valence-electron chi connectivity index (χ3n) is 3.64. The van der Waals surface area contributed by atoms with Gasteiger partial charge in [0.25, 0.3) is 0 Å². The van der Waals surface area contributed by atoms with E-state index in [0.717, 1.165) is 32.1 Å². The maximum absolute atomic E-state index is 12.1. The molecule has 0 fully saturated rings. The number of nitrogens with zero attached hydrogens (tertiary/aromatic N) is 1. The van der Waals surface area contributed by atoms with Gasteiger partial charge in [-0.2, -0.15) is 0 Å². The fraction of sp³-hybridized carbons (Fsp3) is 0.158. The second kappa shape index (κ2) is 8.27. The van der Waals surface area contributed by atoms with Crippen LogP contribution in [-0.2, 0) is 17.8 Å². The van der Waals surface area contributed by atoms with Crippen LogP contribution >= 0.6 is 27.3 Å². The van der Waals surface area contributed by atoms with Crippen LogP contribution in [0.25, 0.3) is 11.3 Å². The Balaban J connectivity index is 1.61. The van der Waals surface area contributed by atoms with E-state index in [2.05, 4.69) is 26.2 Å². The number of carbonyl (C=O) groups excluding carboxylic acids is 1. The molecule has 25 heavy (non-hydrogen) atoms. The smallest absolute Gasteiger partial charge is 0.227 e. The molecule has 3 rings (SSSR count). The first-order chi connectivity index (χ1) is 12.2. The molecule has 4 nitrogen and oxygen atoms in total. The Labute approximate surface area is 159 Å². The van der Waals surface area contributed by atoms with E-state index in [4.69, 9.17) is 4.74 Å². The lowest BCUT2D eigenvalue weighted by atomic mass is 10.2. The third kappa shape index (κ3) is 4.67. The van der Waals surface area contributed by atoms with Crippen molar-refractivity contribution < 1.29 is 9.53 Å². The molecule has 0 saturated heterocycles. The van der Waals surface area contributed by atoms with Gasteiger partial charge in [0.15, 0.2) is 0 Å². The molecule has 0 radical (unpaired) electrons. The first kappa shape index (κ1) is 17.6. The highest BCUT2D eigenvalue weighted by atomic mass is 79.9. The third-order valence-corrected chi connectivity index (χ3v) is 5.11. The molecule has 0 unspecified atom stereocenters. The standard InChI is InChI=1S/C19H17BrN2O2S/c1-24-17-8-7-14(9-15(17)20)16-12-25-19(22-16)10-18(23)21-11-13-5-3-2-4-6-13/h2-9,12H,10-11H2,1H3,(H,21,23). The van der Waals surface area contributed by atoms with E-state index in [1.165, 1.54) is 11.3 Å². The Hall–Kier alpha value is -2.18. The SMILES string of the molecule is COc1ccc(-c2csc(CC(=O)NCc3ccccc3)n2)cc1Br. The zero-order valence-electron chi connectivity index (χ0n) is 13.7. The Kier molecular flexibility index (Phi) is 5.83. The van der Waals surface area contributed by atoms with Crippen LogP contribution in [0.4, 0.5) is 0 Å². The molecular formula is C19H17BrN2O2S. The van der Waals surface area contributed by atoms with Crippen LogP contribution in [0.5, 0.6) is 5.75 Å². The van der Waals surface area contributed by atoms with Crippen molar-refractivity contribution in [3.63, 3.8) is 0 Å². The first-order valence-electron chi connectivity index (χ1n) is 7.74. The number of hydrogen-bond acceptors (Lipinski definition) is 4. The minimum atomic E-state index is -0.0272. The van der Waals surface area contributed by atoms with Crippen molar-refractivity contribution in [1.29, 1.82) is 0 Å². The Morgan fingerprint density at radius 1 is 1.24 bits per heavy atom. The number of hydrogen-bond donors (Lipinski definition) is 1. The summed E-state index contributed by atoms with van der Waals surface area (Å²) in [5.41, 5.74) is 2.93. The summed E-state index contributed by atoms with van der Waals surface area (Å²) < 4.78 is 6.12. The van der Waals surface area contributed by atoms with Gasteiger partial charge in [-0.3, -0.25) is 4.79 Å². The fourth-order valence-corrected chi connectivity index (χ4v) is 3.69. The largest absolute Gasteiger partial charge is 0.496 e. The highest BCUT2D eigenvalue weighted by molar-refractivity contribution is 9.10. The van der Waals surface area contributed by atoms with Gasteiger partial charge in [-0.15, -0.1) is 11.3 Å². The van der Waals surface area contributed by atoms with E-state index in [1.807, 2.05) is 53.9 Å². The maximum Gasteiger partial charge on any atom is 0.227 e. The number of thiazole rings is 1. The fourth-order valence-electron chi connectivity index (χ4n) is 2.35. The van der Waals surface area contributed by atoms with E-state index >= 15 is 0 Å². The molecule has 1 N–H and O–H groups in total. The Bertz CT molecular complexity index is 865. The lowest BCUT2D eigenvalue weighted by molar-refractivity contribution is -0.120. The minimum absolute atomic E-state index is 0.0272. The summed E-state index contributed by atoms with van der Waals surface area (Å²) in [7, 11) is 1.63. The predicted octanol–water partition coefficient (Wildman–Crippen LogP) is 4.44. The van der Waals surface area contributed by atoms with Crippen LogP contribution in [0.1, 0.15) is 10.6 Å². The van der Waals surface area contributed by atoms with E-state index < -0.39 is 0 Å². The van der Waals surface area contributed by atoms with E-state index in [0.29, 0.717) is 6.54 Å². The van der Waals surface area contributed by atoms with Gasteiger partial charge in [-0.25, -0.2) is 4.98 Å². The average Bonchev–Trinajstić information content (AvgIpc) is 3.09. The molecule has 1 amide bonds. The predicted molar refractivity (Wildman–Crippen MR) is 104 cm³/mol. The van der Waals surface area contributed by atoms with Gasteiger partial charge in [-0.05, 0) is 39.7 Å². The summed E-state index contributed by atoms with van der Waals surface area (Å²) in [6.45, 7) is 0.531. The molecular weight excluding hydrogens is 400 g/mol. The molecule has 128 valence electrons. The molecule has 0 spiro atoms. The minimum Gasteiger partial charge on any atom is -0.496 e. The van der Waals surface area contributed by atoms with Crippen molar-refractivity contribution in [2.45, 2.75) is 13.0 Å². The summed E-state index contributed by atoms with van der Waals surface area (Å²) in [4.78, 5) is 16.7. The second-order valence-corrected chi connectivity index (χ2v) is 7.21. The molecule has 0 aliphatic rings. The van der Waals surface area contributed by atoms with Gasteiger partial charge in [0, 0.05) is 17.5 Å². The van der Waals surface area contributed by atoms with Crippen LogP contribution in [0, 0.1) is 0 Å². The van der Waals surface area contributed by atoms with Crippen LogP contribution in [0.3, 0.4) is 0 Å². The normalized spacial score (nSPS) is 10.5. The lowest BCUT2D eigenvalue weighted by Crippen LogP contribution is -2.24. The quantitative estimate of drug-likeness (QED) is 0.645. The van der Waals surface area contributed by atoms with Crippen LogP contribution < -0.4 is 10.1 Å². The van der Waals surface area contributed by atoms with Gasteiger partial charge in [0.2, 0.25) is 5.91 Å². The molecule has 0 aliphatic carbocycles. The number of methoxy groups -OCH3 is 1. The van der Waals surface area contributed by atoms with Gasteiger partial charge in [-0.1, -0.05) is 30.3 Å². The molecule has 0 saturated carbocycles. The average molecular weight is 417 g/mol. The van der Waals surface area contributed by atoms with Crippen molar-refractivity contribution >= 4 is 33.2 Å². The van der Waals surface area contributed by atoms with Crippen molar-refractivity contribution in [2.24, 2.45) is 0 Å². The number of halogens is 1. The first-order valence-corrected chi connectivity index (χ1v) is 9.42. The highest BCUT2D eigenvalue weighted by Gasteiger charge is 2.10. The summed E-state index contributed by atoms with van der Waals surface area (Å²) >= 11 is 4.97.